The normalized spacial score (nSPS) is 17.5. The molecule has 6 nitrogen and oxygen atoms in total. The van der Waals surface area contributed by atoms with Crippen LogP contribution in [0.1, 0.15) is 42.3 Å². The van der Waals surface area contributed by atoms with Gasteiger partial charge in [-0.15, -0.1) is 0 Å². The van der Waals surface area contributed by atoms with Crippen molar-refractivity contribution >= 4 is 5.91 Å². The van der Waals surface area contributed by atoms with Crippen LogP contribution in [-0.2, 0) is 4.79 Å². The quantitative estimate of drug-likeness (QED) is 0.691. The standard InChI is InChI=1S/C21H17FN4O2/c1-13(15-6-8-18(22)9-7-15)26-12-17(10-19(26)27)20-24-21(28-25-20)16-4-2-14(11-23)3-5-16/h2-9,13,17H,10,12H2,1H3. The highest BCUT2D eigenvalue weighted by molar-refractivity contribution is 5.80. The third-order valence-corrected chi connectivity index (χ3v) is 5.05. The minimum Gasteiger partial charge on any atom is -0.335 e. The van der Waals surface area contributed by atoms with Crippen LogP contribution in [0.15, 0.2) is 53.1 Å². The van der Waals surface area contributed by atoms with Gasteiger partial charge in [-0.1, -0.05) is 17.3 Å². The van der Waals surface area contributed by atoms with E-state index in [-0.39, 0.29) is 23.7 Å². The molecule has 0 bridgehead atoms. The number of nitrogens with zero attached hydrogens (tertiary/aromatic N) is 4. The van der Waals surface area contributed by atoms with E-state index < -0.39 is 0 Å². The van der Waals surface area contributed by atoms with Gasteiger partial charge in [0.1, 0.15) is 5.82 Å². The van der Waals surface area contributed by atoms with Crippen molar-refractivity contribution < 1.29 is 13.7 Å². The monoisotopic (exact) mass is 376 g/mol. The predicted molar refractivity (Wildman–Crippen MR) is 98.3 cm³/mol. The van der Waals surface area contributed by atoms with Crippen LogP contribution in [-0.4, -0.2) is 27.5 Å². The third kappa shape index (κ3) is 3.37. The molecule has 140 valence electrons. The van der Waals surface area contributed by atoms with E-state index in [0.29, 0.717) is 30.2 Å². The second kappa shape index (κ2) is 7.24. The van der Waals surface area contributed by atoms with Crippen LogP contribution in [0.3, 0.4) is 0 Å². The third-order valence-electron chi connectivity index (χ3n) is 5.05. The maximum atomic E-state index is 13.1. The van der Waals surface area contributed by atoms with Gasteiger partial charge in [0.05, 0.1) is 17.7 Å². The van der Waals surface area contributed by atoms with Crippen LogP contribution in [0.2, 0.25) is 0 Å². The Kier molecular flexibility index (Phi) is 4.62. The van der Waals surface area contributed by atoms with Crippen LogP contribution in [0.4, 0.5) is 4.39 Å². The van der Waals surface area contributed by atoms with Gasteiger partial charge in [-0.25, -0.2) is 4.39 Å². The van der Waals surface area contributed by atoms with Gasteiger partial charge < -0.3 is 9.42 Å². The molecule has 1 saturated heterocycles. The number of nitriles is 1. The van der Waals surface area contributed by atoms with Gasteiger partial charge in [0.25, 0.3) is 5.89 Å². The van der Waals surface area contributed by atoms with Crippen molar-refractivity contribution in [3.63, 3.8) is 0 Å². The molecule has 0 N–H and O–H groups in total. The summed E-state index contributed by atoms with van der Waals surface area (Å²) < 4.78 is 18.5. The van der Waals surface area contributed by atoms with Crippen molar-refractivity contribution in [2.45, 2.75) is 25.3 Å². The number of carbonyl (C=O) groups excluding carboxylic acids is 1. The molecule has 1 amide bonds. The summed E-state index contributed by atoms with van der Waals surface area (Å²) in [6.45, 7) is 2.40. The molecule has 2 atom stereocenters. The zero-order valence-electron chi connectivity index (χ0n) is 15.2. The van der Waals surface area contributed by atoms with Crippen LogP contribution in [0.25, 0.3) is 11.5 Å². The Labute approximate surface area is 161 Å². The molecular formula is C21H17FN4O2. The first-order valence-electron chi connectivity index (χ1n) is 8.94. The van der Waals surface area contributed by atoms with Gasteiger partial charge in [-0.05, 0) is 48.9 Å². The van der Waals surface area contributed by atoms with E-state index >= 15 is 0 Å². The van der Waals surface area contributed by atoms with Crippen molar-refractivity contribution in [2.24, 2.45) is 0 Å². The topological polar surface area (TPSA) is 83.0 Å². The largest absolute Gasteiger partial charge is 0.335 e. The smallest absolute Gasteiger partial charge is 0.257 e. The fourth-order valence-electron chi connectivity index (χ4n) is 3.41. The molecule has 2 heterocycles. The SMILES string of the molecule is CC(c1ccc(F)cc1)N1CC(c2noc(-c3ccc(C#N)cc3)n2)CC1=O. The number of hydrogen-bond donors (Lipinski definition) is 0. The summed E-state index contributed by atoms with van der Waals surface area (Å²) in [6.07, 6.45) is 0.303. The summed E-state index contributed by atoms with van der Waals surface area (Å²) in [4.78, 5) is 18.7. The maximum Gasteiger partial charge on any atom is 0.257 e. The lowest BCUT2D eigenvalue weighted by Crippen LogP contribution is -2.28. The van der Waals surface area contributed by atoms with Crippen LogP contribution >= 0.6 is 0 Å². The lowest BCUT2D eigenvalue weighted by Gasteiger charge is -2.25. The van der Waals surface area contributed by atoms with Crippen molar-refractivity contribution in [3.8, 4) is 17.5 Å². The van der Waals surface area contributed by atoms with Crippen molar-refractivity contribution in [1.29, 1.82) is 5.26 Å². The zero-order chi connectivity index (χ0) is 19.7. The predicted octanol–water partition coefficient (Wildman–Crippen LogP) is 3.82. The van der Waals surface area contributed by atoms with Crippen LogP contribution < -0.4 is 0 Å². The van der Waals surface area contributed by atoms with Gasteiger partial charge in [-0.3, -0.25) is 4.79 Å². The number of amides is 1. The molecule has 4 rings (SSSR count). The molecule has 1 fully saturated rings. The van der Waals surface area contributed by atoms with Gasteiger partial charge >= 0.3 is 0 Å². The first-order valence-corrected chi connectivity index (χ1v) is 8.94. The number of halogens is 1. The number of aromatic nitrogens is 2. The van der Waals surface area contributed by atoms with E-state index in [1.54, 1.807) is 41.3 Å². The number of hydrogen-bond acceptors (Lipinski definition) is 5. The second-order valence-electron chi connectivity index (χ2n) is 6.82. The molecule has 28 heavy (non-hydrogen) atoms. The fraction of sp³-hybridized carbons (Fsp3) is 0.238. The molecule has 1 aliphatic rings. The minimum atomic E-state index is -0.302. The number of carbonyl (C=O) groups is 1. The van der Waals surface area contributed by atoms with Gasteiger partial charge in [0.15, 0.2) is 5.82 Å². The molecule has 0 aliphatic carbocycles. The van der Waals surface area contributed by atoms with Gasteiger partial charge in [0, 0.05) is 24.4 Å². The van der Waals surface area contributed by atoms with E-state index in [1.807, 2.05) is 6.92 Å². The summed E-state index contributed by atoms with van der Waals surface area (Å²) in [5, 5.41) is 12.9. The Morgan fingerprint density at radius 2 is 1.93 bits per heavy atom. The Morgan fingerprint density at radius 1 is 1.21 bits per heavy atom. The van der Waals surface area contributed by atoms with Gasteiger partial charge in [0.2, 0.25) is 5.91 Å². The molecule has 3 aromatic rings. The Bertz CT molecular complexity index is 1040. The number of likely N-dealkylation sites (tertiary alicyclic amines) is 1. The lowest BCUT2D eigenvalue weighted by molar-refractivity contribution is -0.129. The number of benzene rings is 2. The maximum absolute atomic E-state index is 13.1. The Morgan fingerprint density at radius 3 is 2.61 bits per heavy atom. The average molecular weight is 376 g/mol. The molecule has 0 saturated carbocycles. The number of rotatable bonds is 4. The molecule has 1 aliphatic heterocycles. The highest BCUT2D eigenvalue weighted by atomic mass is 19.1. The van der Waals surface area contributed by atoms with Crippen LogP contribution in [0.5, 0.6) is 0 Å². The molecule has 0 spiro atoms. The Balaban J connectivity index is 1.50. The fourth-order valence-corrected chi connectivity index (χ4v) is 3.41. The average Bonchev–Trinajstić information content (AvgIpc) is 3.35. The van der Waals surface area contributed by atoms with E-state index in [0.717, 1.165) is 11.1 Å². The molecule has 7 heteroatoms. The minimum absolute atomic E-state index is 0.00606. The van der Waals surface area contributed by atoms with Crippen molar-refractivity contribution in [2.75, 3.05) is 6.54 Å². The molecule has 1 aromatic heterocycles. The summed E-state index contributed by atoms with van der Waals surface area (Å²) in [7, 11) is 0. The lowest BCUT2D eigenvalue weighted by atomic mass is 10.1. The van der Waals surface area contributed by atoms with E-state index in [4.69, 9.17) is 9.78 Å². The van der Waals surface area contributed by atoms with E-state index in [1.165, 1.54) is 12.1 Å². The Hall–Kier alpha value is -3.53. The van der Waals surface area contributed by atoms with E-state index in [9.17, 15) is 9.18 Å². The van der Waals surface area contributed by atoms with Crippen LogP contribution in [0, 0.1) is 17.1 Å². The summed E-state index contributed by atoms with van der Waals surface area (Å²) >= 11 is 0. The molecule has 2 unspecified atom stereocenters. The summed E-state index contributed by atoms with van der Waals surface area (Å²) in [5.74, 6) is 0.389. The summed E-state index contributed by atoms with van der Waals surface area (Å²) in [6, 6.07) is 14.9. The highest BCUT2D eigenvalue weighted by Gasteiger charge is 2.36. The zero-order valence-corrected chi connectivity index (χ0v) is 15.2. The highest BCUT2D eigenvalue weighted by Crippen LogP contribution is 2.33. The first kappa shape index (κ1) is 17.9. The molecule has 0 radical (unpaired) electrons. The van der Waals surface area contributed by atoms with Gasteiger partial charge in [-0.2, -0.15) is 10.2 Å². The molecular weight excluding hydrogens is 359 g/mol. The van der Waals surface area contributed by atoms with E-state index in [2.05, 4.69) is 16.2 Å². The summed E-state index contributed by atoms with van der Waals surface area (Å²) in [5.41, 5.74) is 2.15. The van der Waals surface area contributed by atoms with Crippen molar-refractivity contribution in [1.82, 2.24) is 15.0 Å². The first-order chi connectivity index (χ1) is 13.5. The second-order valence-corrected chi connectivity index (χ2v) is 6.82. The molecule has 2 aromatic carbocycles. The van der Waals surface area contributed by atoms with Crippen molar-refractivity contribution in [3.05, 3.63) is 71.3 Å².